The summed E-state index contributed by atoms with van der Waals surface area (Å²) in [6.07, 6.45) is 8.55. The largest absolute Gasteiger partial charge is 1.00 e. The van der Waals surface area contributed by atoms with Crippen molar-refractivity contribution in [2.75, 3.05) is 0 Å². The molecule has 0 amide bonds. The van der Waals surface area contributed by atoms with Crippen molar-refractivity contribution in [3.05, 3.63) is 239 Å². The van der Waals surface area contributed by atoms with Gasteiger partial charge in [-0.3, -0.25) is 0 Å². The summed E-state index contributed by atoms with van der Waals surface area (Å²) >= 11 is 0. The van der Waals surface area contributed by atoms with E-state index in [1.54, 1.807) is 97.1 Å². The van der Waals surface area contributed by atoms with Crippen molar-refractivity contribution in [1.82, 2.24) is 0 Å². The van der Waals surface area contributed by atoms with Crippen molar-refractivity contribution in [3.8, 4) is 46.0 Å². The van der Waals surface area contributed by atoms with Gasteiger partial charge in [-0.25, -0.2) is 0 Å². The van der Waals surface area contributed by atoms with Crippen LogP contribution in [0.2, 0.25) is 0 Å². The highest BCUT2D eigenvalue weighted by Gasteiger charge is 2.19. The molecular weight excluding hydrogens is 993 g/mol. The Bertz CT molecular complexity index is 2530. The fraction of sp³-hybridized carbons (Fsp3) is 0.333. The van der Waals surface area contributed by atoms with Gasteiger partial charge in [-0.1, -0.05) is 152 Å². The summed E-state index contributed by atoms with van der Waals surface area (Å²) in [7, 11) is 0. The summed E-state index contributed by atoms with van der Waals surface area (Å²) in [5.41, 5.74) is 10.1. The molecule has 8 aromatic carbocycles. The molecular formula is C72H89O8+. The second-order valence-corrected chi connectivity index (χ2v) is 21.7. The van der Waals surface area contributed by atoms with Crippen LogP contribution in [0.1, 0.15) is 200 Å². The molecule has 8 heteroatoms. The third-order valence-electron chi connectivity index (χ3n) is 15.8. The zero-order valence-electron chi connectivity index (χ0n) is 49.3. The molecule has 0 fully saturated rings. The third kappa shape index (κ3) is 20.4. The standard InChI is InChI=1S/4C18H22O2/c4*1-3-14(16-6-10-18(20)11-7-16)12-13(2)15-4-8-17(19)9-5-15/h4*4-11,13-14,19-20H,3,12H2,1-2H3/p+1. The first-order chi connectivity index (χ1) is 38.4. The number of phenols is 8. The Labute approximate surface area is 478 Å². The maximum absolute atomic E-state index is 9.37. The lowest BCUT2D eigenvalue weighted by Gasteiger charge is -2.20. The first kappa shape index (κ1) is 63.0. The fourth-order valence-electron chi connectivity index (χ4n) is 10.6. The molecule has 8 atom stereocenters. The molecule has 0 bridgehead atoms. The molecule has 8 N–H and O–H groups in total. The third-order valence-corrected chi connectivity index (χ3v) is 15.8. The van der Waals surface area contributed by atoms with Gasteiger partial charge >= 0.3 is 1.43 Å². The monoisotopic (exact) mass is 1080 g/mol. The van der Waals surface area contributed by atoms with Gasteiger partial charge < -0.3 is 40.9 Å². The highest BCUT2D eigenvalue weighted by molar-refractivity contribution is 5.35. The van der Waals surface area contributed by atoms with Crippen LogP contribution in [0.3, 0.4) is 0 Å². The Morgan fingerprint density at radius 1 is 0.212 bits per heavy atom. The summed E-state index contributed by atoms with van der Waals surface area (Å²) in [5.74, 6) is 6.21. The normalized spacial score (nSPS) is 13.9. The van der Waals surface area contributed by atoms with Gasteiger partial charge in [0.15, 0.2) is 0 Å². The summed E-state index contributed by atoms with van der Waals surface area (Å²) in [4.78, 5) is 0. The summed E-state index contributed by atoms with van der Waals surface area (Å²) in [5, 5.41) is 74.9. The highest BCUT2D eigenvalue weighted by atomic mass is 16.3. The Morgan fingerprint density at radius 3 is 0.438 bits per heavy atom. The lowest BCUT2D eigenvalue weighted by molar-refractivity contribution is 0.472. The molecule has 0 saturated carbocycles. The molecule has 80 heavy (non-hydrogen) atoms. The van der Waals surface area contributed by atoms with Gasteiger partial charge in [0.25, 0.3) is 0 Å². The van der Waals surface area contributed by atoms with Crippen LogP contribution >= 0.6 is 0 Å². The van der Waals surface area contributed by atoms with Crippen LogP contribution in [0.15, 0.2) is 194 Å². The number of aromatic hydroxyl groups is 8. The molecule has 0 aliphatic rings. The van der Waals surface area contributed by atoms with Gasteiger partial charge in [-0.2, -0.15) is 0 Å². The predicted molar refractivity (Wildman–Crippen MR) is 330 cm³/mol. The van der Waals surface area contributed by atoms with Crippen molar-refractivity contribution in [3.63, 3.8) is 0 Å². The minimum Gasteiger partial charge on any atom is -0.508 e. The van der Waals surface area contributed by atoms with Crippen LogP contribution < -0.4 is 0 Å². The van der Waals surface area contributed by atoms with Crippen LogP contribution in [0, 0.1) is 0 Å². The van der Waals surface area contributed by atoms with Crippen molar-refractivity contribution in [2.45, 2.75) is 154 Å². The lowest BCUT2D eigenvalue weighted by atomic mass is 9.84. The molecule has 0 aromatic heterocycles. The SMILES string of the molecule is CCC(CC(C)c1ccc(O)cc1)c1ccc(O)cc1.CCC(CC(C)c1ccc(O)cc1)c1ccc(O)cc1.CCC(CC(C)c1ccc(O)cc1)c1ccc(O)cc1.CCC(CC(C)c1ccc(O)cc1)c1ccc(O)cc1.[H+]. The highest BCUT2D eigenvalue weighted by Crippen LogP contribution is 2.37. The Balaban J connectivity index is 0.000000231. The molecule has 8 rings (SSSR count). The molecule has 8 aromatic rings. The average molecular weight is 1080 g/mol. The van der Waals surface area contributed by atoms with E-state index in [9.17, 15) is 40.9 Å². The minimum atomic E-state index is 0. The van der Waals surface area contributed by atoms with E-state index in [2.05, 4.69) is 55.4 Å². The number of hydrogen-bond donors (Lipinski definition) is 8. The first-order valence-corrected chi connectivity index (χ1v) is 28.7. The van der Waals surface area contributed by atoms with Crippen molar-refractivity contribution in [2.24, 2.45) is 0 Å². The summed E-state index contributed by atoms with van der Waals surface area (Å²) in [6, 6.07) is 59.9. The quantitative estimate of drug-likeness (QED) is 0.0374. The van der Waals surface area contributed by atoms with Crippen molar-refractivity contribution in [1.29, 1.82) is 0 Å². The molecule has 8 nitrogen and oxygen atoms in total. The number of benzene rings is 8. The molecule has 0 aliphatic carbocycles. The van der Waals surface area contributed by atoms with Gasteiger partial charge in [0.1, 0.15) is 46.0 Å². The van der Waals surface area contributed by atoms with E-state index in [1.807, 2.05) is 97.1 Å². The van der Waals surface area contributed by atoms with E-state index >= 15 is 0 Å². The smallest absolute Gasteiger partial charge is 0.508 e. The van der Waals surface area contributed by atoms with Crippen LogP contribution in [-0.4, -0.2) is 40.9 Å². The molecule has 0 saturated heterocycles. The van der Waals surface area contributed by atoms with Crippen LogP contribution in [0.25, 0.3) is 0 Å². The Kier molecular flexibility index (Phi) is 25.4. The summed E-state index contributed by atoms with van der Waals surface area (Å²) in [6.45, 7) is 17.7. The molecule has 0 spiro atoms. The van der Waals surface area contributed by atoms with Gasteiger partial charge in [0, 0.05) is 0 Å². The Morgan fingerprint density at radius 2 is 0.325 bits per heavy atom. The van der Waals surface area contributed by atoms with E-state index < -0.39 is 0 Å². The Hall–Kier alpha value is -7.84. The molecule has 8 unspecified atom stereocenters. The van der Waals surface area contributed by atoms with E-state index in [1.165, 1.54) is 44.5 Å². The van der Waals surface area contributed by atoms with Gasteiger partial charge in [-0.15, -0.1) is 0 Å². The van der Waals surface area contributed by atoms with Crippen LogP contribution in [-0.2, 0) is 0 Å². The van der Waals surface area contributed by atoms with Gasteiger partial charge in [0.05, 0.1) is 0 Å². The predicted octanol–water partition coefficient (Wildman–Crippen LogP) is 19.3. The first-order valence-electron chi connectivity index (χ1n) is 28.7. The minimum absolute atomic E-state index is 0. The topological polar surface area (TPSA) is 162 Å². The van der Waals surface area contributed by atoms with E-state index in [0.717, 1.165) is 51.4 Å². The second kappa shape index (κ2) is 32.3. The summed E-state index contributed by atoms with van der Waals surface area (Å²) < 4.78 is 0. The number of hydrogen-bond acceptors (Lipinski definition) is 8. The maximum Gasteiger partial charge on any atom is 1.00 e. The van der Waals surface area contributed by atoms with Crippen molar-refractivity contribution >= 4 is 0 Å². The maximum atomic E-state index is 9.37. The molecule has 0 aliphatic heterocycles. The second-order valence-electron chi connectivity index (χ2n) is 21.7. The van der Waals surface area contributed by atoms with E-state index in [0.29, 0.717) is 93.3 Å². The average Bonchev–Trinajstić information content (AvgIpc) is 3.46. The fourth-order valence-corrected chi connectivity index (χ4v) is 10.6. The van der Waals surface area contributed by atoms with E-state index in [-0.39, 0.29) is 1.43 Å². The zero-order chi connectivity index (χ0) is 58.1. The number of phenolic OH excluding ortho intramolecular Hbond substituents is 8. The molecule has 0 heterocycles. The lowest BCUT2D eigenvalue weighted by Crippen LogP contribution is -2.03. The van der Waals surface area contributed by atoms with Gasteiger partial charge in [-0.05, 0) is 240 Å². The van der Waals surface area contributed by atoms with Crippen molar-refractivity contribution < 1.29 is 42.3 Å². The van der Waals surface area contributed by atoms with Gasteiger partial charge in [0.2, 0.25) is 0 Å². The zero-order valence-corrected chi connectivity index (χ0v) is 48.3. The molecule has 424 valence electrons. The number of rotatable bonds is 20. The van der Waals surface area contributed by atoms with E-state index in [4.69, 9.17) is 0 Å². The van der Waals surface area contributed by atoms with Crippen LogP contribution in [0.4, 0.5) is 0 Å². The molecule has 0 radical (unpaired) electrons. The van der Waals surface area contributed by atoms with Crippen LogP contribution in [0.5, 0.6) is 46.0 Å².